The minimum atomic E-state index is -3.09. The third kappa shape index (κ3) is 2.78. The predicted molar refractivity (Wildman–Crippen MR) is 52.2 cm³/mol. The van der Waals surface area contributed by atoms with E-state index in [2.05, 4.69) is 4.74 Å². The first kappa shape index (κ1) is 12.2. The molecule has 0 bridgehead atoms. The van der Waals surface area contributed by atoms with Crippen LogP contribution in [0.15, 0.2) is 18.2 Å². The standard InChI is InChI=1S/C10H10ClF3O/c1-10(13,14)9(11)6-3-4-8(15-2)7(12)5-6/h3-5,9H,1-2H3. The van der Waals surface area contributed by atoms with Crippen molar-refractivity contribution >= 4 is 11.6 Å². The van der Waals surface area contributed by atoms with Gasteiger partial charge in [-0.15, -0.1) is 11.6 Å². The Morgan fingerprint density at radius 2 is 2.00 bits per heavy atom. The molecule has 0 spiro atoms. The summed E-state index contributed by atoms with van der Waals surface area (Å²) in [5, 5.41) is -1.54. The number of benzene rings is 1. The molecule has 5 heteroatoms. The maximum atomic E-state index is 13.2. The van der Waals surface area contributed by atoms with Gasteiger partial charge in [-0.2, -0.15) is 0 Å². The molecule has 0 aliphatic rings. The molecule has 0 saturated carbocycles. The van der Waals surface area contributed by atoms with Crippen molar-refractivity contribution in [3.63, 3.8) is 0 Å². The van der Waals surface area contributed by atoms with E-state index in [1.54, 1.807) is 0 Å². The molecule has 0 aromatic heterocycles. The van der Waals surface area contributed by atoms with Gasteiger partial charge in [0.05, 0.1) is 7.11 Å². The van der Waals surface area contributed by atoms with Gasteiger partial charge >= 0.3 is 0 Å². The Hall–Kier alpha value is -0.900. The SMILES string of the molecule is COc1ccc(C(Cl)C(C)(F)F)cc1F. The van der Waals surface area contributed by atoms with Gasteiger partial charge in [0.2, 0.25) is 0 Å². The fraction of sp³-hybridized carbons (Fsp3) is 0.400. The molecular formula is C10H10ClF3O. The summed E-state index contributed by atoms with van der Waals surface area (Å²) in [5.41, 5.74) is 0.0301. The number of halogens is 4. The highest BCUT2D eigenvalue weighted by molar-refractivity contribution is 6.21. The van der Waals surface area contributed by atoms with Gasteiger partial charge in [-0.25, -0.2) is 13.2 Å². The molecule has 1 unspecified atom stereocenters. The van der Waals surface area contributed by atoms with Crippen LogP contribution in [-0.2, 0) is 0 Å². The molecule has 0 N–H and O–H groups in total. The first-order valence-corrected chi connectivity index (χ1v) is 4.65. The van der Waals surface area contributed by atoms with Gasteiger partial charge in [0.1, 0.15) is 5.38 Å². The predicted octanol–water partition coefficient (Wildman–Crippen LogP) is 3.77. The topological polar surface area (TPSA) is 9.23 Å². The average Bonchev–Trinajstić information content (AvgIpc) is 2.15. The second kappa shape index (κ2) is 4.31. The summed E-state index contributed by atoms with van der Waals surface area (Å²) in [4.78, 5) is 0. The van der Waals surface area contributed by atoms with Gasteiger partial charge in [0.25, 0.3) is 5.92 Å². The van der Waals surface area contributed by atoms with E-state index in [0.29, 0.717) is 6.92 Å². The number of hydrogen-bond donors (Lipinski definition) is 0. The number of alkyl halides is 3. The maximum Gasteiger partial charge on any atom is 0.265 e. The lowest BCUT2D eigenvalue weighted by Crippen LogP contribution is -2.17. The van der Waals surface area contributed by atoms with Crippen molar-refractivity contribution in [2.75, 3.05) is 7.11 Å². The Bertz CT molecular complexity index is 349. The van der Waals surface area contributed by atoms with E-state index in [9.17, 15) is 13.2 Å². The average molecular weight is 239 g/mol. The Morgan fingerprint density at radius 1 is 1.40 bits per heavy atom. The van der Waals surface area contributed by atoms with E-state index in [-0.39, 0.29) is 11.3 Å². The molecule has 0 aliphatic heterocycles. The van der Waals surface area contributed by atoms with Crippen LogP contribution in [0.3, 0.4) is 0 Å². The van der Waals surface area contributed by atoms with Crippen LogP contribution in [0.25, 0.3) is 0 Å². The molecule has 0 heterocycles. The van der Waals surface area contributed by atoms with Crippen LogP contribution in [0.1, 0.15) is 17.9 Å². The summed E-state index contributed by atoms with van der Waals surface area (Å²) in [6, 6.07) is 3.54. The number of rotatable bonds is 3. The Balaban J connectivity index is 3.02. The smallest absolute Gasteiger partial charge is 0.265 e. The summed E-state index contributed by atoms with van der Waals surface area (Å²) in [7, 11) is 1.30. The van der Waals surface area contributed by atoms with Gasteiger partial charge in [-0.05, 0) is 17.7 Å². The molecule has 0 radical (unpaired) electrons. The monoisotopic (exact) mass is 238 g/mol. The van der Waals surface area contributed by atoms with Crippen molar-refractivity contribution in [2.24, 2.45) is 0 Å². The summed E-state index contributed by atoms with van der Waals surface area (Å²) in [6.07, 6.45) is 0. The van der Waals surface area contributed by atoms with E-state index in [4.69, 9.17) is 11.6 Å². The van der Waals surface area contributed by atoms with Crippen LogP contribution in [0.5, 0.6) is 5.75 Å². The second-order valence-electron chi connectivity index (χ2n) is 3.21. The Kier molecular flexibility index (Phi) is 3.50. The molecule has 0 fully saturated rings. The molecule has 1 atom stereocenters. The molecule has 0 amide bonds. The first-order valence-electron chi connectivity index (χ1n) is 4.21. The molecular weight excluding hydrogens is 229 g/mol. The van der Waals surface area contributed by atoms with Gasteiger partial charge in [-0.1, -0.05) is 6.07 Å². The molecule has 1 rings (SSSR count). The highest BCUT2D eigenvalue weighted by Gasteiger charge is 2.34. The van der Waals surface area contributed by atoms with Crippen LogP contribution in [0.2, 0.25) is 0 Å². The van der Waals surface area contributed by atoms with E-state index >= 15 is 0 Å². The van der Waals surface area contributed by atoms with Gasteiger partial charge in [-0.3, -0.25) is 0 Å². The Morgan fingerprint density at radius 3 is 2.40 bits per heavy atom. The highest BCUT2D eigenvalue weighted by Crippen LogP contribution is 2.37. The van der Waals surface area contributed by atoms with Crippen molar-refractivity contribution in [1.29, 1.82) is 0 Å². The number of ether oxygens (including phenoxy) is 1. The molecule has 1 aromatic rings. The van der Waals surface area contributed by atoms with E-state index in [1.807, 2.05) is 0 Å². The van der Waals surface area contributed by atoms with Gasteiger partial charge < -0.3 is 4.74 Å². The van der Waals surface area contributed by atoms with Crippen LogP contribution in [0, 0.1) is 5.82 Å². The summed E-state index contributed by atoms with van der Waals surface area (Å²) in [5.74, 6) is -3.80. The van der Waals surface area contributed by atoms with Gasteiger partial charge in [0.15, 0.2) is 11.6 Å². The van der Waals surface area contributed by atoms with Crippen molar-refractivity contribution in [2.45, 2.75) is 18.2 Å². The zero-order valence-corrected chi connectivity index (χ0v) is 8.99. The number of methoxy groups -OCH3 is 1. The zero-order valence-electron chi connectivity index (χ0n) is 8.23. The second-order valence-corrected chi connectivity index (χ2v) is 3.65. The fourth-order valence-electron chi connectivity index (χ4n) is 1.13. The lowest BCUT2D eigenvalue weighted by atomic mass is 10.1. The van der Waals surface area contributed by atoms with Crippen molar-refractivity contribution in [3.05, 3.63) is 29.6 Å². The van der Waals surface area contributed by atoms with Crippen LogP contribution < -0.4 is 4.74 Å². The summed E-state index contributed by atoms with van der Waals surface area (Å²) < 4.78 is 43.5. The molecule has 1 aromatic carbocycles. The quantitative estimate of drug-likeness (QED) is 0.729. The number of hydrogen-bond acceptors (Lipinski definition) is 1. The molecule has 0 saturated heterocycles. The van der Waals surface area contributed by atoms with Crippen molar-refractivity contribution in [3.8, 4) is 5.75 Å². The third-order valence-corrected chi connectivity index (χ3v) is 2.55. The zero-order chi connectivity index (χ0) is 11.6. The first-order chi connectivity index (χ1) is 6.86. The maximum absolute atomic E-state index is 13.2. The molecule has 15 heavy (non-hydrogen) atoms. The lowest BCUT2D eigenvalue weighted by molar-refractivity contribution is 0.0168. The Labute approximate surface area is 90.8 Å². The van der Waals surface area contributed by atoms with Crippen LogP contribution in [0.4, 0.5) is 13.2 Å². The molecule has 0 aliphatic carbocycles. The van der Waals surface area contributed by atoms with E-state index < -0.39 is 17.1 Å². The molecule has 1 nitrogen and oxygen atoms in total. The van der Waals surface area contributed by atoms with Crippen molar-refractivity contribution < 1.29 is 17.9 Å². The minimum absolute atomic E-state index is 0.00189. The summed E-state index contributed by atoms with van der Waals surface area (Å²) in [6.45, 7) is 0.687. The largest absolute Gasteiger partial charge is 0.494 e. The van der Waals surface area contributed by atoms with E-state index in [1.165, 1.54) is 19.2 Å². The normalized spacial score (nSPS) is 13.7. The summed E-state index contributed by atoms with van der Waals surface area (Å²) >= 11 is 5.49. The minimum Gasteiger partial charge on any atom is -0.494 e. The molecule has 84 valence electrons. The van der Waals surface area contributed by atoms with Crippen LogP contribution in [-0.4, -0.2) is 13.0 Å². The highest BCUT2D eigenvalue weighted by atomic mass is 35.5. The van der Waals surface area contributed by atoms with Gasteiger partial charge in [0, 0.05) is 6.92 Å². The lowest BCUT2D eigenvalue weighted by Gasteiger charge is -2.17. The third-order valence-electron chi connectivity index (χ3n) is 1.91. The van der Waals surface area contributed by atoms with E-state index in [0.717, 1.165) is 6.07 Å². The van der Waals surface area contributed by atoms with Crippen molar-refractivity contribution in [1.82, 2.24) is 0 Å². The fourth-order valence-corrected chi connectivity index (χ4v) is 1.27. The van der Waals surface area contributed by atoms with Crippen LogP contribution >= 0.6 is 11.6 Å².